The summed E-state index contributed by atoms with van der Waals surface area (Å²) in [5, 5.41) is 16.2. The first-order chi connectivity index (χ1) is 20.1. The molecule has 0 unspecified atom stereocenters. The molecule has 232 valence electrons. The monoisotopic (exact) mass is 618 g/mol. The van der Waals surface area contributed by atoms with Crippen molar-refractivity contribution >= 4 is 23.2 Å². The zero-order valence-electron chi connectivity index (χ0n) is 24.8. The first-order valence-electron chi connectivity index (χ1n) is 14.7. The highest BCUT2D eigenvalue weighted by Crippen LogP contribution is 2.49. The smallest absolute Gasteiger partial charge is 0.408 e. The molecule has 2 aliphatic carbocycles. The predicted molar refractivity (Wildman–Crippen MR) is 156 cm³/mol. The number of alkyl halides is 3. The Hall–Kier alpha value is -3.28. The van der Waals surface area contributed by atoms with Gasteiger partial charge >= 0.3 is 12.1 Å². The number of carbonyl (C=O) groups excluding carboxylic acids is 1. The number of nitrogens with one attached hydrogen (secondary N) is 1. The Morgan fingerprint density at radius 2 is 1.84 bits per heavy atom. The van der Waals surface area contributed by atoms with E-state index in [1.807, 2.05) is 6.07 Å². The lowest BCUT2D eigenvalue weighted by Crippen LogP contribution is -2.43. The third-order valence-corrected chi connectivity index (χ3v) is 9.87. The van der Waals surface area contributed by atoms with Crippen molar-refractivity contribution in [3.63, 3.8) is 0 Å². The van der Waals surface area contributed by atoms with Crippen LogP contribution in [0.1, 0.15) is 100 Å². The molecule has 12 heteroatoms. The number of aliphatic carboxylic acids is 1. The number of thiazole rings is 1. The molecule has 2 N–H and O–H groups in total. The molecule has 2 aromatic heterocycles. The second-order valence-electron chi connectivity index (χ2n) is 13.0. The molecule has 2 heterocycles. The molecule has 2 saturated carbocycles. The van der Waals surface area contributed by atoms with E-state index < -0.39 is 29.5 Å². The van der Waals surface area contributed by atoms with Crippen molar-refractivity contribution in [2.24, 2.45) is 11.3 Å². The standard InChI is InChI=1S/C31H37F3N4O4S/c1-17(31(32,33)34)35-26(39)20-13-19(14-21(15-20)30(4)10-11-30)24-22(12-18-8-6-5-7-9-18)36-27(43-24)25-37-23(42-38-25)16-29(2,3)28(40)41/h13-15,17-18H,5-12,16H2,1-4H3,(H,35,39)(H,40,41)/t17-/m0/s1. The molecule has 0 spiro atoms. The van der Waals surface area contributed by atoms with E-state index in [-0.39, 0.29) is 29.1 Å². The topological polar surface area (TPSA) is 118 Å². The summed E-state index contributed by atoms with van der Waals surface area (Å²) in [5.41, 5.74) is 1.40. The summed E-state index contributed by atoms with van der Waals surface area (Å²) < 4.78 is 45.1. The number of carboxylic acids is 1. The van der Waals surface area contributed by atoms with Crippen molar-refractivity contribution in [2.75, 3.05) is 0 Å². The van der Waals surface area contributed by atoms with Crippen LogP contribution in [0, 0.1) is 11.3 Å². The molecule has 1 atom stereocenters. The lowest BCUT2D eigenvalue weighted by Gasteiger charge is -2.21. The van der Waals surface area contributed by atoms with E-state index in [0.29, 0.717) is 10.9 Å². The first-order valence-corrected chi connectivity index (χ1v) is 15.6. The van der Waals surface area contributed by atoms with E-state index in [4.69, 9.17) is 9.51 Å². The predicted octanol–water partition coefficient (Wildman–Crippen LogP) is 7.37. The summed E-state index contributed by atoms with van der Waals surface area (Å²) >= 11 is 1.35. The van der Waals surface area contributed by atoms with Gasteiger partial charge in [0.25, 0.3) is 5.91 Å². The zero-order chi connectivity index (χ0) is 31.2. The van der Waals surface area contributed by atoms with E-state index in [9.17, 15) is 27.9 Å². The molecule has 1 amide bonds. The van der Waals surface area contributed by atoms with E-state index in [1.54, 1.807) is 26.0 Å². The van der Waals surface area contributed by atoms with Crippen LogP contribution in [0.5, 0.6) is 0 Å². The lowest BCUT2D eigenvalue weighted by molar-refractivity contribution is -0.149. The summed E-state index contributed by atoms with van der Waals surface area (Å²) in [6.07, 6.45) is 3.76. The molecule has 0 aliphatic heterocycles. The van der Waals surface area contributed by atoms with Gasteiger partial charge in [-0.05, 0) is 80.7 Å². The number of halogens is 3. The van der Waals surface area contributed by atoms with E-state index in [1.165, 1.54) is 17.8 Å². The molecule has 0 bridgehead atoms. The van der Waals surface area contributed by atoms with E-state index in [0.717, 1.165) is 73.6 Å². The fraction of sp³-hybridized carbons (Fsp3) is 0.581. The molecule has 8 nitrogen and oxygen atoms in total. The molecule has 0 saturated heterocycles. The SMILES string of the molecule is C[C@H](NC(=O)c1cc(-c2sc(-c3noc(CC(C)(C)C(=O)O)n3)nc2CC2CCCCC2)cc(C2(C)CC2)c1)C(F)(F)F. The van der Waals surface area contributed by atoms with Gasteiger partial charge in [-0.3, -0.25) is 9.59 Å². The van der Waals surface area contributed by atoms with E-state index >= 15 is 0 Å². The number of aromatic nitrogens is 3. The lowest BCUT2D eigenvalue weighted by atomic mass is 9.85. The highest BCUT2D eigenvalue weighted by molar-refractivity contribution is 7.18. The maximum atomic E-state index is 13.2. The van der Waals surface area contributed by atoms with Gasteiger partial charge in [0.2, 0.25) is 11.7 Å². The number of benzene rings is 1. The Bertz CT molecular complexity index is 1500. The summed E-state index contributed by atoms with van der Waals surface area (Å²) in [4.78, 5) is 34.9. The van der Waals surface area contributed by atoms with Crippen molar-refractivity contribution in [1.29, 1.82) is 0 Å². The largest absolute Gasteiger partial charge is 0.481 e. The average molecular weight is 619 g/mol. The van der Waals surface area contributed by atoms with Gasteiger partial charge in [0.15, 0.2) is 5.01 Å². The van der Waals surface area contributed by atoms with Crippen molar-refractivity contribution in [3.05, 3.63) is 40.9 Å². The minimum absolute atomic E-state index is 0.0535. The van der Waals surface area contributed by atoms with Crippen molar-refractivity contribution < 1.29 is 32.4 Å². The van der Waals surface area contributed by atoms with Gasteiger partial charge in [-0.15, -0.1) is 11.3 Å². The van der Waals surface area contributed by atoms with E-state index in [2.05, 4.69) is 22.4 Å². The highest BCUT2D eigenvalue weighted by Gasteiger charge is 2.41. The Balaban J connectivity index is 1.54. The molecule has 2 aliphatic rings. The molecule has 2 fully saturated rings. The number of carbonyl (C=O) groups is 2. The maximum absolute atomic E-state index is 13.2. The molecule has 43 heavy (non-hydrogen) atoms. The zero-order valence-corrected chi connectivity index (χ0v) is 25.6. The Morgan fingerprint density at radius 1 is 1.14 bits per heavy atom. The second kappa shape index (κ2) is 11.7. The van der Waals surface area contributed by atoms with Gasteiger partial charge < -0.3 is 14.9 Å². The highest BCUT2D eigenvalue weighted by atomic mass is 32.1. The number of carboxylic acid groups (broad SMARTS) is 1. The number of rotatable bonds is 10. The van der Waals surface area contributed by atoms with Crippen LogP contribution in [-0.4, -0.2) is 44.3 Å². The van der Waals surface area contributed by atoms with Crippen LogP contribution in [0.4, 0.5) is 13.2 Å². The van der Waals surface area contributed by atoms with Gasteiger partial charge in [0.05, 0.1) is 16.0 Å². The molecule has 3 aromatic rings. The van der Waals surface area contributed by atoms with Gasteiger partial charge in [-0.1, -0.05) is 44.2 Å². The number of hydrogen-bond donors (Lipinski definition) is 2. The minimum Gasteiger partial charge on any atom is -0.481 e. The quantitative estimate of drug-likeness (QED) is 0.244. The number of nitrogens with zero attached hydrogens (tertiary/aromatic N) is 3. The normalized spacial score (nSPS) is 17.9. The fourth-order valence-electron chi connectivity index (χ4n) is 5.42. The molecule has 1 aromatic carbocycles. The molecular weight excluding hydrogens is 581 g/mol. The second-order valence-corrected chi connectivity index (χ2v) is 14.0. The fourth-order valence-corrected chi connectivity index (χ4v) is 6.43. The van der Waals surface area contributed by atoms with Crippen LogP contribution in [0.25, 0.3) is 21.3 Å². The third-order valence-electron chi connectivity index (χ3n) is 8.73. The number of amides is 1. The minimum atomic E-state index is -4.55. The summed E-state index contributed by atoms with van der Waals surface area (Å²) in [7, 11) is 0. The summed E-state index contributed by atoms with van der Waals surface area (Å²) in [6, 6.07) is 3.38. The molecular formula is C31H37F3N4O4S. The van der Waals surface area contributed by atoms with Gasteiger partial charge in [0, 0.05) is 12.0 Å². The van der Waals surface area contributed by atoms with Gasteiger partial charge in [-0.25, -0.2) is 4.98 Å². The van der Waals surface area contributed by atoms with Crippen molar-refractivity contribution in [1.82, 2.24) is 20.4 Å². The average Bonchev–Trinajstić information content (AvgIpc) is 3.33. The van der Waals surface area contributed by atoms with Crippen LogP contribution >= 0.6 is 11.3 Å². The van der Waals surface area contributed by atoms with Crippen LogP contribution in [0.15, 0.2) is 22.7 Å². The summed E-state index contributed by atoms with van der Waals surface area (Å²) in [6.45, 7) is 6.19. The van der Waals surface area contributed by atoms with Gasteiger partial charge in [-0.2, -0.15) is 18.2 Å². The van der Waals surface area contributed by atoms with Crippen molar-refractivity contribution in [2.45, 2.75) is 103 Å². The Kier molecular flexibility index (Phi) is 8.45. The third kappa shape index (κ3) is 7.11. The van der Waals surface area contributed by atoms with Crippen LogP contribution in [0.2, 0.25) is 0 Å². The summed E-state index contributed by atoms with van der Waals surface area (Å²) in [5.74, 6) is -0.875. The Morgan fingerprint density at radius 3 is 2.47 bits per heavy atom. The van der Waals surface area contributed by atoms with Crippen LogP contribution < -0.4 is 5.32 Å². The Labute approximate surface area is 252 Å². The number of hydrogen-bond acceptors (Lipinski definition) is 7. The van der Waals surface area contributed by atoms with Crippen LogP contribution in [-0.2, 0) is 23.1 Å². The van der Waals surface area contributed by atoms with Crippen molar-refractivity contribution in [3.8, 4) is 21.3 Å². The van der Waals surface area contributed by atoms with Crippen LogP contribution in [0.3, 0.4) is 0 Å². The molecule has 5 rings (SSSR count). The van der Waals surface area contributed by atoms with Gasteiger partial charge in [0.1, 0.15) is 6.04 Å². The first kappa shape index (κ1) is 31.2. The maximum Gasteiger partial charge on any atom is 0.408 e. The molecule has 0 radical (unpaired) electrons.